The van der Waals surface area contributed by atoms with Gasteiger partial charge in [0.2, 0.25) is 0 Å². The molecule has 4 aliphatic carbocycles. The molecular formula is C23H34N2O3. The van der Waals surface area contributed by atoms with E-state index in [0.29, 0.717) is 24.7 Å². The lowest BCUT2D eigenvalue weighted by molar-refractivity contribution is -0.0831. The van der Waals surface area contributed by atoms with Gasteiger partial charge in [-0.25, -0.2) is 0 Å². The normalized spacial score (nSPS) is 47.0. The minimum atomic E-state index is -0.692. The summed E-state index contributed by atoms with van der Waals surface area (Å²) in [5.41, 5.74) is 4.96. The Hall–Kier alpha value is -1.46. The largest absolute Gasteiger partial charge is 0.399 e. The third kappa shape index (κ3) is 2.66. The number of aliphatic imine (C=N–C) groups is 1. The second-order valence-corrected chi connectivity index (χ2v) is 9.71. The molecule has 2 unspecified atom stereocenters. The minimum Gasteiger partial charge on any atom is -0.399 e. The Morgan fingerprint density at radius 2 is 1.96 bits per heavy atom. The summed E-state index contributed by atoms with van der Waals surface area (Å²) in [7, 11) is 3.48. The first-order valence-electron chi connectivity index (χ1n) is 10.6. The Morgan fingerprint density at radius 3 is 2.64 bits per heavy atom. The lowest BCUT2D eigenvalue weighted by atomic mass is 9.48. The van der Waals surface area contributed by atoms with E-state index in [1.54, 1.807) is 7.11 Å². The van der Waals surface area contributed by atoms with Crippen molar-refractivity contribution in [3.05, 3.63) is 23.3 Å². The van der Waals surface area contributed by atoms with Crippen LogP contribution in [0.3, 0.4) is 0 Å². The van der Waals surface area contributed by atoms with Gasteiger partial charge in [0, 0.05) is 30.0 Å². The Balaban J connectivity index is 1.80. The van der Waals surface area contributed by atoms with Crippen molar-refractivity contribution in [3.63, 3.8) is 0 Å². The molecule has 7 atom stereocenters. The monoisotopic (exact) mass is 386 g/mol. The van der Waals surface area contributed by atoms with E-state index < -0.39 is 12.2 Å². The first kappa shape index (κ1) is 19.8. The molecule has 28 heavy (non-hydrogen) atoms. The maximum absolute atomic E-state index is 10.5. The van der Waals surface area contributed by atoms with Crippen molar-refractivity contribution in [3.8, 4) is 0 Å². The van der Waals surface area contributed by atoms with Crippen LogP contribution in [0.4, 0.5) is 0 Å². The molecule has 0 spiro atoms. The van der Waals surface area contributed by atoms with E-state index in [1.165, 1.54) is 16.9 Å². The van der Waals surface area contributed by atoms with Crippen molar-refractivity contribution in [1.29, 1.82) is 0 Å². The molecule has 0 aromatic carbocycles. The number of hydrogen-bond acceptors (Lipinski definition) is 5. The van der Waals surface area contributed by atoms with Crippen LogP contribution >= 0.6 is 0 Å². The van der Waals surface area contributed by atoms with Crippen molar-refractivity contribution in [2.75, 3.05) is 14.2 Å². The molecule has 2 N–H and O–H groups in total. The van der Waals surface area contributed by atoms with E-state index >= 15 is 0 Å². The average molecular weight is 387 g/mol. The van der Waals surface area contributed by atoms with E-state index in [2.05, 4.69) is 43.1 Å². The zero-order valence-corrected chi connectivity index (χ0v) is 17.8. The van der Waals surface area contributed by atoms with E-state index in [-0.39, 0.29) is 16.7 Å². The van der Waals surface area contributed by atoms with Crippen LogP contribution in [-0.2, 0) is 4.84 Å². The Kier molecular flexibility index (Phi) is 4.82. The number of allylic oxidation sites excluding steroid dienone is 4. The second kappa shape index (κ2) is 6.81. The van der Waals surface area contributed by atoms with Crippen LogP contribution < -0.4 is 0 Å². The summed E-state index contributed by atoms with van der Waals surface area (Å²) in [4.78, 5) is 9.70. The number of rotatable bonds is 2. The molecule has 5 heteroatoms. The maximum atomic E-state index is 10.5. The molecule has 154 valence electrons. The fourth-order valence-electron chi connectivity index (χ4n) is 6.81. The molecule has 0 aromatic heterocycles. The zero-order valence-electron chi connectivity index (χ0n) is 17.8. The highest BCUT2D eigenvalue weighted by Gasteiger charge is 2.58. The highest BCUT2D eigenvalue weighted by molar-refractivity contribution is 6.00. The molecule has 0 heterocycles. The Morgan fingerprint density at radius 1 is 1.21 bits per heavy atom. The summed E-state index contributed by atoms with van der Waals surface area (Å²) >= 11 is 0. The van der Waals surface area contributed by atoms with E-state index in [4.69, 9.17) is 4.84 Å². The quantitative estimate of drug-likeness (QED) is 0.563. The summed E-state index contributed by atoms with van der Waals surface area (Å²) in [6.45, 7) is 6.83. The first-order valence-corrected chi connectivity index (χ1v) is 10.6. The standard InChI is InChI=1S/C23H34N2O3/c1-13(24-4)15-6-7-16-14-10-19(25-28-5)18-11-20(26)21(27)12-23(18,3)17(14)8-9-22(15,16)2/h7,10,15,17-18,20-21,26-27H,6,8-9,11-12H2,1-5H3/b24-13?,25-19-/t15-,17?,18?,20-,21+,22-,23-/m1/s1. The van der Waals surface area contributed by atoms with Crippen LogP contribution in [-0.4, -0.2) is 48.0 Å². The molecule has 4 rings (SSSR count). The highest BCUT2D eigenvalue weighted by Crippen LogP contribution is 2.63. The van der Waals surface area contributed by atoms with Crippen LogP contribution in [0.5, 0.6) is 0 Å². The van der Waals surface area contributed by atoms with Crippen molar-refractivity contribution < 1.29 is 15.1 Å². The molecule has 0 aliphatic heterocycles. The van der Waals surface area contributed by atoms with Gasteiger partial charge in [-0.3, -0.25) is 4.99 Å². The van der Waals surface area contributed by atoms with Crippen LogP contribution in [0.25, 0.3) is 0 Å². The number of aliphatic hydroxyl groups excluding tert-OH is 2. The Bertz CT molecular complexity index is 783. The average Bonchev–Trinajstić information content (AvgIpc) is 3.01. The number of hydrogen-bond donors (Lipinski definition) is 2. The predicted molar refractivity (Wildman–Crippen MR) is 111 cm³/mol. The summed E-state index contributed by atoms with van der Waals surface area (Å²) in [6, 6.07) is 0. The number of nitrogens with zero attached hydrogens (tertiary/aromatic N) is 2. The summed E-state index contributed by atoms with van der Waals surface area (Å²) in [6.07, 6.45) is 7.71. The third-order valence-corrected chi connectivity index (χ3v) is 8.46. The summed E-state index contributed by atoms with van der Waals surface area (Å²) in [5, 5.41) is 25.2. The van der Waals surface area contributed by atoms with Gasteiger partial charge < -0.3 is 15.1 Å². The van der Waals surface area contributed by atoms with Crippen LogP contribution in [0.2, 0.25) is 0 Å². The van der Waals surface area contributed by atoms with E-state index in [1.807, 2.05) is 7.05 Å². The zero-order chi connectivity index (χ0) is 20.3. The maximum Gasteiger partial charge on any atom is 0.106 e. The SMILES string of the molecule is CN=C(C)[C@H]1CC=C2C3=C/C(=N/OC)C4C[C@@H](O)[C@@H](O)C[C@]4(C)C3CC[C@@]21C. The minimum absolute atomic E-state index is 0.111. The predicted octanol–water partition coefficient (Wildman–Crippen LogP) is 3.52. The lowest BCUT2D eigenvalue weighted by Crippen LogP contribution is -2.55. The molecule has 0 bridgehead atoms. The van der Waals surface area contributed by atoms with Gasteiger partial charge in [-0.1, -0.05) is 25.1 Å². The molecular weight excluding hydrogens is 352 g/mol. The highest BCUT2D eigenvalue weighted by atomic mass is 16.6. The second-order valence-electron chi connectivity index (χ2n) is 9.71. The van der Waals surface area contributed by atoms with Gasteiger partial charge >= 0.3 is 0 Å². The number of fused-ring (bicyclic) bond motifs is 5. The van der Waals surface area contributed by atoms with Crippen molar-refractivity contribution in [2.45, 2.75) is 65.1 Å². The molecule has 2 fully saturated rings. The van der Waals surface area contributed by atoms with Crippen molar-refractivity contribution >= 4 is 11.4 Å². The van der Waals surface area contributed by atoms with Gasteiger partial charge in [-0.15, -0.1) is 0 Å². The number of oxime groups is 1. The van der Waals surface area contributed by atoms with Gasteiger partial charge in [-0.05, 0) is 67.6 Å². The number of aliphatic hydroxyl groups is 2. The topological polar surface area (TPSA) is 74.4 Å². The summed E-state index contributed by atoms with van der Waals surface area (Å²) < 4.78 is 0. The molecule has 0 radical (unpaired) electrons. The molecule has 0 aromatic rings. The fraction of sp³-hybridized carbons (Fsp3) is 0.739. The van der Waals surface area contributed by atoms with E-state index in [9.17, 15) is 10.2 Å². The fourth-order valence-corrected chi connectivity index (χ4v) is 6.81. The van der Waals surface area contributed by atoms with Gasteiger partial charge in [0.15, 0.2) is 0 Å². The van der Waals surface area contributed by atoms with Gasteiger partial charge in [0.25, 0.3) is 0 Å². The van der Waals surface area contributed by atoms with Gasteiger partial charge in [-0.2, -0.15) is 0 Å². The third-order valence-electron chi connectivity index (χ3n) is 8.46. The van der Waals surface area contributed by atoms with Crippen molar-refractivity contribution in [2.24, 2.45) is 38.7 Å². The van der Waals surface area contributed by atoms with Crippen LogP contribution in [0.1, 0.15) is 52.9 Å². The molecule has 5 nitrogen and oxygen atoms in total. The first-order chi connectivity index (χ1) is 13.3. The Labute approximate surface area is 168 Å². The molecule has 2 saturated carbocycles. The lowest BCUT2D eigenvalue weighted by Gasteiger charge is -2.56. The molecule has 4 aliphatic rings. The van der Waals surface area contributed by atoms with Crippen LogP contribution in [0, 0.1) is 28.6 Å². The van der Waals surface area contributed by atoms with E-state index in [0.717, 1.165) is 25.0 Å². The van der Waals surface area contributed by atoms with Crippen LogP contribution in [0.15, 0.2) is 33.4 Å². The van der Waals surface area contributed by atoms with Gasteiger partial charge in [0.05, 0.1) is 17.9 Å². The molecule has 0 amide bonds. The van der Waals surface area contributed by atoms with Crippen molar-refractivity contribution in [1.82, 2.24) is 0 Å². The molecule has 0 saturated heterocycles. The van der Waals surface area contributed by atoms with Gasteiger partial charge in [0.1, 0.15) is 7.11 Å². The summed E-state index contributed by atoms with van der Waals surface area (Å²) in [5.74, 6) is 0.953. The smallest absolute Gasteiger partial charge is 0.106 e.